The molecule has 0 saturated carbocycles. The van der Waals surface area contributed by atoms with Gasteiger partial charge in [0.25, 0.3) is 0 Å². The van der Waals surface area contributed by atoms with Crippen LogP contribution < -0.4 is 14.2 Å². The van der Waals surface area contributed by atoms with Gasteiger partial charge in [-0.05, 0) is 43.2 Å². The van der Waals surface area contributed by atoms with Crippen LogP contribution in [-0.4, -0.2) is 54.6 Å². The van der Waals surface area contributed by atoms with Gasteiger partial charge in [-0.1, -0.05) is 36.4 Å². The highest BCUT2D eigenvalue weighted by Crippen LogP contribution is 2.35. The number of carbonyl (C=O) groups excluding carboxylic acids is 1. The third-order valence-corrected chi connectivity index (χ3v) is 6.88. The van der Waals surface area contributed by atoms with Crippen molar-refractivity contribution in [1.82, 2.24) is 14.3 Å². The minimum Gasteiger partial charge on any atom is -0.497 e. The molecule has 0 spiro atoms. The maximum Gasteiger partial charge on any atom is 0.227 e. The molecule has 0 bridgehead atoms. The van der Waals surface area contributed by atoms with Crippen molar-refractivity contribution in [3.63, 3.8) is 0 Å². The lowest BCUT2D eigenvalue weighted by Gasteiger charge is -2.32. The van der Waals surface area contributed by atoms with Crippen molar-refractivity contribution in [2.24, 2.45) is 0 Å². The first-order valence-electron chi connectivity index (χ1n) is 12.2. The lowest BCUT2D eigenvalue weighted by Crippen LogP contribution is -2.40. The fourth-order valence-electron chi connectivity index (χ4n) is 5.09. The van der Waals surface area contributed by atoms with Gasteiger partial charge in [-0.3, -0.25) is 9.20 Å². The number of methoxy groups -OCH3 is 3. The van der Waals surface area contributed by atoms with Crippen LogP contribution >= 0.6 is 0 Å². The van der Waals surface area contributed by atoms with E-state index in [0.717, 1.165) is 64.9 Å². The molecule has 0 N–H and O–H groups in total. The molecule has 7 nitrogen and oxygen atoms in total. The third kappa shape index (κ3) is 4.49. The van der Waals surface area contributed by atoms with Gasteiger partial charge in [0.05, 0.1) is 39.0 Å². The van der Waals surface area contributed by atoms with Crippen molar-refractivity contribution < 1.29 is 19.0 Å². The molecule has 0 aliphatic carbocycles. The predicted molar refractivity (Wildman–Crippen MR) is 139 cm³/mol. The van der Waals surface area contributed by atoms with E-state index >= 15 is 0 Å². The summed E-state index contributed by atoms with van der Waals surface area (Å²) in [6.07, 6.45) is 2.19. The smallest absolute Gasteiger partial charge is 0.227 e. The Morgan fingerprint density at radius 1 is 0.972 bits per heavy atom. The predicted octanol–water partition coefficient (Wildman–Crippen LogP) is 4.98. The molecular formula is C29H31N3O4. The Morgan fingerprint density at radius 3 is 2.61 bits per heavy atom. The standard InChI is InChI=1S/C29H31N3O4/c1-34-23-12-6-10-21(17-23)28-24-13-7-15-27(36-3)32(24)29(30-28)22-11-8-16-31(19-22)26(33)18-20-9-4-5-14-25(20)35-2/h4-7,9-10,12-15,17,22H,8,11,16,18-19H2,1-3H3. The lowest BCUT2D eigenvalue weighted by atomic mass is 9.96. The van der Waals surface area contributed by atoms with Gasteiger partial charge in [-0.25, -0.2) is 4.98 Å². The maximum atomic E-state index is 13.3. The SMILES string of the molecule is COc1cccc(-c2nc(C3CCCN(C(=O)Cc4ccccc4OC)C3)n3c(OC)cccc23)c1. The van der Waals surface area contributed by atoms with E-state index < -0.39 is 0 Å². The van der Waals surface area contributed by atoms with E-state index in [-0.39, 0.29) is 11.8 Å². The molecule has 36 heavy (non-hydrogen) atoms. The van der Waals surface area contributed by atoms with Crippen LogP contribution in [0.15, 0.2) is 66.7 Å². The number of hydrogen-bond donors (Lipinski definition) is 0. The van der Waals surface area contributed by atoms with E-state index in [1.54, 1.807) is 21.3 Å². The minimum atomic E-state index is 0.0866. The Balaban J connectivity index is 1.49. The summed E-state index contributed by atoms with van der Waals surface area (Å²) in [6.45, 7) is 1.36. The van der Waals surface area contributed by atoms with E-state index in [0.29, 0.717) is 13.0 Å². The fraction of sp³-hybridized carbons (Fsp3) is 0.310. The van der Waals surface area contributed by atoms with E-state index in [4.69, 9.17) is 19.2 Å². The normalized spacial score (nSPS) is 15.6. The van der Waals surface area contributed by atoms with Crippen molar-refractivity contribution in [2.75, 3.05) is 34.4 Å². The van der Waals surface area contributed by atoms with Gasteiger partial charge in [0.15, 0.2) is 5.88 Å². The number of ether oxygens (including phenoxy) is 3. The first kappa shape index (κ1) is 23.7. The number of para-hydroxylation sites is 1. The molecule has 2 aromatic carbocycles. The van der Waals surface area contributed by atoms with E-state index in [9.17, 15) is 4.79 Å². The lowest BCUT2D eigenvalue weighted by molar-refractivity contribution is -0.131. The topological polar surface area (TPSA) is 65.3 Å². The second-order valence-corrected chi connectivity index (χ2v) is 9.01. The van der Waals surface area contributed by atoms with Gasteiger partial charge in [-0.15, -0.1) is 0 Å². The van der Waals surface area contributed by atoms with Crippen LogP contribution in [0.3, 0.4) is 0 Å². The summed E-state index contributed by atoms with van der Waals surface area (Å²) in [6, 6.07) is 21.6. The van der Waals surface area contributed by atoms with Crippen molar-refractivity contribution in [1.29, 1.82) is 0 Å². The minimum absolute atomic E-state index is 0.0866. The molecule has 3 heterocycles. The molecule has 1 unspecified atom stereocenters. The molecule has 186 valence electrons. The summed E-state index contributed by atoms with van der Waals surface area (Å²) >= 11 is 0. The average molecular weight is 486 g/mol. The average Bonchev–Trinajstić information content (AvgIpc) is 3.33. The summed E-state index contributed by atoms with van der Waals surface area (Å²) in [5, 5.41) is 0. The number of fused-ring (bicyclic) bond motifs is 1. The van der Waals surface area contributed by atoms with Gasteiger partial charge in [0.1, 0.15) is 17.3 Å². The third-order valence-electron chi connectivity index (χ3n) is 6.88. The molecule has 5 rings (SSSR count). The monoisotopic (exact) mass is 485 g/mol. The quantitative estimate of drug-likeness (QED) is 0.370. The molecule has 1 saturated heterocycles. The van der Waals surface area contributed by atoms with Crippen LogP contribution in [0.1, 0.15) is 30.1 Å². The van der Waals surface area contributed by atoms with Gasteiger partial charge in [0.2, 0.25) is 5.91 Å². The first-order chi connectivity index (χ1) is 17.6. The van der Waals surface area contributed by atoms with Crippen molar-refractivity contribution in [2.45, 2.75) is 25.2 Å². The van der Waals surface area contributed by atoms with Crippen molar-refractivity contribution in [3.8, 4) is 28.6 Å². The number of nitrogens with zero attached hydrogens (tertiary/aromatic N) is 3. The number of pyridine rings is 1. The highest BCUT2D eigenvalue weighted by Gasteiger charge is 2.30. The molecule has 1 fully saturated rings. The Kier molecular flexibility index (Phi) is 6.80. The van der Waals surface area contributed by atoms with E-state index in [1.165, 1.54) is 0 Å². The molecule has 7 heteroatoms. The summed E-state index contributed by atoms with van der Waals surface area (Å²) in [4.78, 5) is 20.4. The number of aromatic nitrogens is 2. The second-order valence-electron chi connectivity index (χ2n) is 9.01. The Morgan fingerprint density at radius 2 is 1.81 bits per heavy atom. The number of likely N-dealkylation sites (tertiary alicyclic amines) is 1. The van der Waals surface area contributed by atoms with Crippen LogP contribution in [0.4, 0.5) is 0 Å². The Bertz CT molecular complexity index is 1380. The maximum absolute atomic E-state index is 13.3. The van der Waals surface area contributed by atoms with Gasteiger partial charge in [0, 0.05) is 30.1 Å². The number of hydrogen-bond acceptors (Lipinski definition) is 5. The largest absolute Gasteiger partial charge is 0.497 e. The van der Waals surface area contributed by atoms with Crippen LogP contribution in [0.2, 0.25) is 0 Å². The number of carbonyl (C=O) groups is 1. The molecule has 2 aromatic heterocycles. The number of piperidine rings is 1. The summed E-state index contributed by atoms with van der Waals surface area (Å²) in [5.41, 5.74) is 3.72. The van der Waals surface area contributed by atoms with Crippen LogP contribution in [0, 0.1) is 0 Å². The Labute approximate surface area is 211 Å². The van der Waals surface area contributed by atoms with E-state index in [2.05, 4.69) is 10.5 Å². The van der Waals surface area contributed by atoms with Crippen LogP contribution in [0.25, 0.3) is 16.8 Å². The second kappa shape index (κ2) is 10.3. The zero-order valence-corrected chi connectivity index (χ0v) is 20.9. The Hall–Kier alpha value is -4.00. The zero-order valence-electron chi connectivity index (χ0n) is 20.9. The van der Waals surface area contributed by atoms with Gasteiger partial charge >= 0.3 is 0 Å². The number of rotatable bonds is 7. The van der Waals surface area contributed by atoms with Crippen LogP contribution in [-0.2, 0) is 11.2 Å². The number of imidazole rings is 1. The van der Waals surface area contributed by atoms with Gasteiger partial charge < -0.3 is 19.1 Å². The van der Waals surface area contributed by atoms with Gasteiger partial charge in [-0.2, -0.15) is 0 Å². The molecule has 1 aliphatic heterocycles. The first-order valence-corrected chi connectivity index (χ1v) is 12.2. The number of benzene rings is 2. The highest BCUT2D eigenvalue weighted by atomic mass is 16.5. The molecule has 4 aromatic rings. The molecule has 1 aliphatic rings. The summed E-state index contributed by atoms with van der Waals surface area (Å²) in [5.74, 6) is 3.35. The fourth-order valence-corrected chi connectivity index (χ4v) is 5.09. The summed E-state index contributed by atoms with van der Waals surface area (Å²) in [7, 11) is 4.97. The molecular weight excluding hydrogens is 454 g/mol. The number of amides is 1. The van der Waals surface area contributed by atoms with Crippen molar-refractivity contribution >= 4 is 11.4 Å². The zero-order chi connectivity index (χ0) is 25.1. The summed E-state index contributed by atoms with van der Waals surface area (Å²) < 4.78 is 18.7. The molecule has 1 atom stereocenters. The van der Waals surface area contributed by atoms with Crippen molar-refractivity contribution in [3.05, 3.63) is 78.1 Å². The molecule has 0 radical (unpaired) electrons. The molecule has 1 amide bonds. The van der Waals surface area contributed by atoms with E-state index in [1.807, 2.05) is 65.6 Å². The highest BCUT2D eigenvalue weighted by molar-refractivity contribution is 5.80. The van der Waals surface area contributed by atoms with Crippen LogP contribution in [0.5, 0.6) is 17.4 Å².